The lowest BCUT2D eigenvalue weighted by atomic mass is 10.1. The van der Waals surface area contributed by atoms with Crippen LogP contribution < -0.4 is 10.6 Å². The molecule has 0 bridgehead atoms. The van der Waals surface area contributed by atoms with E-state index in [2.05, 4.69) is 58.7 Å². The molecule has 4 nitrogen and oxygen atoms in total. The van der Waals surface area contributed by atoms with Gasteiger partial charge in [0.15, 0.2) is 10.3 Å². The summed E-state index contributed by atoms with van der Waals surface area (Å²) in [5, 5.41) is 8.09. The Bertz CT molecular complexity index is 836. The molecule has 1 aliphatic heterocycles. The van der Waals surface area contributed by atoms with Crippen LogP contribution >= 0.6 is 23.4 Å². The number of halogens is 2. The van der Waals surface area contributed by atoms with E-state index in [1.54, 1.807) is 6.07 Å². The molecule has 26 heavy (non-hydrogen) atoms. The summed E-state index contributed by atoms with van der Waals surface area (Å²) in [6.07, 6.45) is 0. The molecule has 1 unspecified atom stereocenters. The maximum Gasteiger partial charge on any atom is 0.193 e. The van der Waals surface area contributed by atoms with E-state index in [0.717, 1.165) is 16.9 Å². The molecule has 0 radical (unpaired) electrons. The first-order valence-corrected chi connectivity index (χ1v) is 9.51. The Hall–Kier alpha value is -1.89. The van der Waals surface area contributed by atoms with Gasteiger partial charge < -0.3 is 10.6 Å². The van der Waals surface area contributed by atoms with E-state index >= 15 is 0 Å². The van der Waals surface area contributed by atoms with Crippen LogP contribution in [-0.2, 0) is 6.54 Å². The summed E-state index contributed by atoms with van der Waals surface area (Å²) in [5.74, 6) is -0.435. The van der Waals surface area contributed by atoms with E-state index in [4.69, 9.17) is 11.6 Å². The molecule has 0 saturated heterocycles. The van der Waals surface area contributed by atoms with Gasteiger partial charge in [0, 0.05) is 18.3 Å². The Morgan fingerprint density at radius 1 is 1.23 bits per heavy atom. The van der Waals surface area contributed by atoms with Gasteiger partial charge in [-0.15, -0.1) is 0 Å². The molecule has 1 atom stereocenters. The van der Waals surface area contributed by atoms with Crippen LogP contribution in [0.3, 0.4) is 0 Å². The van der Waals surface area contributed by atoms with Gasteiger partial charge in [0.05, 0.1) is 11.6 Å². The van der Waals surface area contributed by atoms with Gasteiger partial charge in [-0.2, -0.15) is 4.99 Å². The number of nitrogens with one attached hydrogen (secondary N) is 2. The molecule has 3 rings (SSSR count). The molecule has 1 heterocycles. The Kier molecular flexibility index (Phi) is 6.29. The van der Waals surface area contributed by atoms with Crippen LogP contribution in [0.15, 0.2) is 52.4 Å². The number of aliphatic imine (C=N–C) groups is 2. The van der Waals surface area contributed by atoms with Crippen LogP contribution in [0, 0.1) is 12.7 Å². The molecule has 136 valence electrons. The van der Waals surface area contributed by atoms with E-state index in [0.29, 0.717) is 12.2 Å². The van der Waals surface area contributed by atoms with Crippen LogP contribution in [0.1, 0.15) is 18.1 Å². The van der Waals surface area contributed by atoms with Crippen molar-refractivity contribution in [3.05, 3.63) is 64.4 Å². The first kappa shape index (κ1) is 18.9. The van der Waals surface area contributed by atoms with E-state index in [9.17, 15) is 4.39 Å². The lowest BCUT2D eigenvalue weighted by Crippen LogP contribution is -2.29. The van der Waals surface area contributed by atoms with E-state index in [1.165, 1.54) is 35.0 Å². The van der Waals surface area contributed by atoms with Crippen molar-refractivity contribution in [3.8, 4) is 0 Å². The summed E-state index contributed by atoms with van der Waals surface area (Å²) in [6.45, 7) is 5.67. The van der Waals surface area contributed by atoms with Crippen molar-refractivity contribution >= 4 is 39.4 Å². The van der Waals surface area contributed by atoms with Crippen LogP contribution in [0.4, 0.5) is 10.1 Å². The summed E-state index contributed by atoms with van der Waals surface area (Å²) in [5.41, 5.74) is 3.23. The third-order valence-electron chi connectivity index (χ3n) is 3.83. The topological polar surface area (TPSA) is 48.8 Å². The zero-order chi connectivity index (χ0) is 18.5. The van der Waals surface area contributed by atoms with Crippen molar-refractivity contribution in [1.82, 2.24) is 5.32 Å². The summed E-state index contributed by atoms with van der Waals surface area (Å²) in [7, 11) is 0. The zero-order valence-corrected chi connectivity index (χ0v) is 16.2. The van der Waals surface area contributed by atoms with E-state index in [-0.39, 0.29) is 11.1 Å². The lowest BCUT2D eigenvalue weighted by Gasteiger charge is -2.17. The second-order valence-electron chi connectivity index (χ2n) is 6.16. The van der Waals surface area contributed by atoms with Crippen molar-refractivity contribution in [1.29, 1.82) is 0 Å². The molecule has 2 aromatic carbocycles. The number of hydrogen-bond acceptors (Lipinski definition) is 4. The molecular formula is C19H20ClFN4S. The van der Waals surface area contributed by atoms with Crippen LogP contribution in [0.2, 0.25) is 5.02 Å². The average molecular weight is 391 g/mol. The summed E-state index contributed by atoms with van der Waals surface area (Å²) in [4.78, 5) is 8.81. The van der Waals surface area contributed by atoms with Gasteiger partial charge in [-0.3, -0.25) is 4.99 Å². The Labute approximate surface area is 162 Å². The van der Waals surface area contributed by atoms with Crippen molar-refractivity contribution in [2.45, 2.75) is 26.4 Å². The maximum absolute atomic E-state index is 13.1. The molecule has 0 fully saturated rings. The fourth-order valence-corrected chi connectivity index (χ4v) is 3.07. The monoisotopic (exact) mass is 390 g/mol. The fraction of sp³-hybridized carbons (Fsp3) is 0.263. The highest BCUT2D eigenvalue weighted by Gasteiger charge is 2.18. The first-order valence-electron chi connectivity index (χ1n) is 8.31. The fourth-order valence-electron chi connectivity index (χ4n) is 2.28. The Morgan fingerprint density at radius 3 is 2.65 bits per heavy atom. The van der Waals surface area contributed by atoms with Crippen molar-refractivity contribution in [3.63, 3.8) is 0 Å². The van der Waals surface area contributed by atoms with Gasteiger partial charge in [-0.25, -0.2) is 4.39 Å². The smallest absolute Gasteiger partial charge is 0.193 e. The predicted molar refractivity (Wildman–Crippen MR) is 110 cm³/mol. The normalized spacial score (nSPS) is 16.2. The average Bonchev–Trinajstić information content (AvgIpc) is 2.59. The molecule has 0 spiro atoms. The molecule has 0 aromatic heterocycles. The van der Waals surface area contributed by atoms with Gasteiger partial charge in [-0.1, -0.05) is 41.4 Å². The van der Waals surface area contributed by atoms with Crippen molar-refractivity contribution in [2.75, 3.05) is 11.9 Å². The number of amidine groups is 2. The Balaban J connectivity index is 1.43. The number of aryl methyl sites for hydroxylation is 1. The summed E-state index contributed by atoms with van der Waals surface area (Å²) < 4.78 is 13.1. The molecule has 1 aliphatic rings. The SMILES string of the molecule is Cc1ccc(CNC(C)CN=C2N=C(Nc3ccc(F)c(Cl)c3)S2)cc1. The van der Waals surface area contributed by atoms with Crippen LogP contribution in [0.5, 0.6) is 0 Å². The number of benzene rings is 2. The van der Waals surface area contributed by atoms with Crippen LogP contribution in [0.25, 0.3) is 0 Å². The van der Waals surface area contributed by atoms with Crippen LogP contribution in [-0.4, -0.2) is 22.9 Å². The lowest BCUT2D eigenvalue weighted by molar-refractivity contribution is 0.557. The Morgan fingerprint density at radius 2 is 1.96 bits per heavy atom. The molecule has 0 aliphatic carbocycles. The van der Waals surface area contributed by atoms with Crippen molar-refractivity contribution in [2.24, 2.45) is 9.98 Å². The number of hydrogen-bond donors (Lipinski definition) is 2. The number of nitrogens with zero attached hydrogens (tertiary/aromatic N) is 2. The summed E-state index contributed by atoms with van der Waals surface area (Å²) in [6, 6.07) is 13.2. The summed E-state index contributed by atoms with van der Waals surface area (Å²) >= 11 is 7.22. The number of thioether (sulfide) groups is 1. The number of anilines is 1. The van der Waals surface area contributed by atoms with Gasteiger partial charge in [0.25, 0.3) is 0 Å². The molecule has 7 heteroatoms. The third-order valence-corrected chi connectivity index (χ3v) is 4.91. The molecule has 0 saturated carbocycles. The molecule has 2 aromatic rings. The first-order chi connectivity index (χ1) is 12.5. The van der Waals surface area contributed by atoms with Gasteiger partial charge >= 0.3 is 0 Å². The zero-order valence-electron chi connectivity index (χ0n) is 14.6. The third kappa shape index (κ3) is 5.30. The molecule has 0 amide bonds. The standard InChI is InChI=1S/C19H20ClFN4S/c1-12-3-5-14(6-4-12)11-22-13(2)10-23-18-25-19(26-18)24-15-7-8-17(21)16(20)9-15/h3-9,13,22H,10-11H2,1-2H3,(H,23,24,25). The number of rotatable bonds is 6. The van der Waals surface area contributed by atoms with Gasteiger partial charge in [-0.05, 0) is 49.4 Å². The highest BCUT2D eigenvalue weighted by Crippen LogP contribution is 2.25. The highest BCUT2D eigenvalue weighted by atomic mass is 35.5. The minimum absolute atomic E-state index is 0.0855. The minimum atomic E-state index is -0.435. The van der Waals surface area contributed by atoms with Gasteiger partial charge in [0.1, 0.15) is 5.82 Å². The van der Waals surface area contributed by atoms with E-state index in [1.807, 2.05) is 0 Å². The quantitative estimate of drug-likeness (QED) is 0.742. The molecular weight excluding hydrogens is 371 g/mol. The second-order valence-corrected chi connectivity index (χ2v) is 7.53. The highest BCUT2D eigenvalue weighted by molar-refractivity contribution is 8.29. The molecule has 2 N–H and O–H groups in total. The van der Waals surface area contributed by atoms with E-state index < -0.39 is 5.82 Å². The second kappa shape index (κ2) is 8.66. The predicted octanol–water partition coefficient (Wildman–Crippen LogP) is 4.84. The maximum atomic E-state index is 13.1. The van der Waals surface area contributed by atoms with Crippen molar-refractivity contribution < 1.29 is 4.39 Å². The van der Waals surface area contributed by atoms with Gasteiger partial charge in [0.2, 0.25) is 0 Å². The minimum Gasteiger partial charge on any atom is -0.334 e. The largest absolute Gasteiger partial charge is 0.334 e.